The van der Waals surface area contributed by atoms with Gasteiger partial charge < -0.3 is 18.8 Å². The number of ether oxygens (including phenoxy) is 2. The third-order valence-electron chi connectivity index (χ3n) is 6.29. The Morgan fingerprint density at radius 2 is 1.74 bits per heavy atom. The first-order chi connectivity index (χ1) is 16.5. The molecule has 4 aromatic rings. The molecule has 7 heteroatoms. The number of carbonyl (C=O) groups excluding carboxylic acids is 1. The van der Waals surface area contributed by atoms with Gasteiger partial charge in [0, 0.05) is 18.2 Å². The largest absolute Gasteiger partial charge is 0.497 e. The lowest BCUT2D eigenvalue weighted by atomic mass is 10.0. The normalized spacial score (nSPS) is 15.6. The molecule has 174 valence electrons. The van der Waals surface area contributed by atoms with Gasteiger partial charge in [-0.3, -0.25) is 4.79 Å². The Morgan fingerprint density at radius 3 is 2.44 bits per heavy atom. The Balaban J connectivity index is 1.46. The Bertz CT molecular complexity index is 1360. The van der Waals surface area contributed by atoms with Crippen molar-refractivity contribution in [3.63, 3.8) is 0 Å². The van der Waals surface area contributed by atoms with E-state index in [4.69, 9.17) is 18.9 Å². The van der Waals surface area contributed by atoms with Crippen molar-refractivity contribution in [3.05, 3.63) is 77.4 Å². The number of halogens is 1. The Hall–Kier alpha value is -3.87. The first-order valence-corrected chi connectivity index (χ1v) is 11.2. The van der Waals surface area contributed by atoms with Crippen molar-refractivity contribution >= 4 is 17.0 Å². The average Bonchev–Trinajstić information content (AvgIpc) is 3.51. The van der Waals surface area contributed by atoms with Gasteiger partial charge in [0.2, 0.25) is 5.89 Å². The molecule has 1 atom stereocenters. The van der Waals surface area contributed by atoms with Crippen LogP contribution in [0.1, 0.15) is 40.7 Å². The number of oxazole rings is 1. The van der Waals surface area contributed by atoms with Crippen molar-refractivity contribution in [2.75, 3.05) is 20.8 Å². The first-order valence-electron chi connectivity index (χ1n) is 11.2. The maximum atomic E-state index is 13.7. The lowest BCUT2D eigenvalue weighted by molar-refractivity contribution is 0.0716. The van der Waals surface area contributed by atoms with E-state index < -0.39 is 0 Å². The third kappa shape index (κ3) is 3.98. The van der Waals surface area contributed by atoms with Crippen molar-refractivity contribution < 1.29 is 23.1 Å². The van der Waals surface area contributed by atoms with Crippen molar-refractivity contribution in [3.8, 4) is 22.6 Å². The van der Waals surface area contributed by atoms with Gasteiger partial charge in [0.25, 0.3) is 5.91 Å². The zero-order valence-corrected chi connectivity index (χ0v) is 19.3. The minimum Gasteiger partial charge on any atom is -0.497 e. The molecule has 1 aliphatic heterocycles. The van der Waals surface area contributed by atoms with E-state index in [9.17, 15) is 9.18 Å². The van der Waals surface area contributed by atoms with E-state index in [0.717, 1.165) is 24.0 Å². The third-order valence-corrected chi connectivity index (χ3v) is 6.29. The van der Waals surface area contributed by atoms with Crippen LogP contribution in [0.4, 0.5) is 4.39 Å². The van der Waals surface area contributed by atoms with Crippen LogP contribution in [0.3, 0.4) is 0 Å². The van der Waals surface area contributed by atoms with Crippen molar-refractivity contribution in [2.24, 2.45) is 0 Å². The van der Waals surface area contributed by atoms with Crippen LogP contribution in [0, 0.1) is 12.7 Å². The van der Waals surface area contributed by atoms with Gasteiger partial charge >= 0.3 is 0 Å². The summed E-state index contributed by atoms with van der Waals surface area (Å²) >= 11 is 0. The summed E-state index contributed by atoms with van der Waals surface area (Å²) in [5, 5.41) is 0. The number of likely N-dealkylation sites (tertiary alicyclic amines) is 1. The van der Waals surface area contributed by atoms with Gasteiger partial charge in [-0.15, -0.1) is 0 Å². The molecular formula is C27H25FN2O4. The number of nitrogens with zero attached hydrogens (tertiary/aromatic N) is 2. The highest BCUT2D eigenvalue weighted by atomic mass is 19.1. The zero-order chi connectivity index (χ0) is 23.8. The molecule has 0 saturated carbocycles. The molecule has 1 unspecified atom stereocenters. The molecule has 3 aromatic carbocycles. The van der Waals surface area contributed by atoms with Crippen molar-refractivity contribution in [2.45, 2.75) is 25.8 Å². The molecular weight excluding hydrogens is 435 g/mol. The van der Waals surface area contributed by atoms with Gasteiger partial charge in [-0.25, -0.2) is 9.37 Å². The summed E-state index contributed by atoms with van der Waals surface area (Å²) in [6, 6.07) is 15.7. The maximum absolute atomic E-state index is 13.7. The van der Waals surface area contributed by atoms with Gasteiger partial charge in [0.05, 0.1) is 14.2 Å². The molecule has 5 rings (SSSR count). The first kappa shape index (κ1) is 21.9. The van der Waals surface area contributed by atoms with E-state index >= 15 is 0 Å². The number of methoxy groups -OCH3 is 2. The van der Waals surface area contributed by atoms with Crippen LogP contribution in [0.5, 0.6) is 11.5 Å². The smallest absolute Gasteiger partial charge is 0.254 e. The molecule has 0 bridgehead atoms. The minimum absolute atomic E-state index is 0.121. The Labute approximate surface area is 196 Å². The predicted molar refractivity (Wildman–Crippen MR) is 127 cm³/mol. The van der Waals surface area contributed by atoms with E-state index in [0.29, 0.717) is 46.2 Å². The maximum Gasteiger partial charge on any atom is 0.254 e. The van der Waals surface area contributed by atoms with Crippen LogP contribution in [0.25, 0.3) is 22.2 Å². The lowest BCUT2D eigenvalue weighted by Gasteiger charge is -2.22. The number of aromatic nitrogens is 1. The fourth-order valence-electron chi connectivity index (χ4n) is 4.45. The number of fused-ring (bicyclic) bond motifs is 1. The molecule has 0 N–H and O–H groups in total. The highest BCUT2D eigenvalue weighted by Crippen LogP contribution is 2.36. The standard InChI is InChI=1S/C27H25FN2O4/c1-16-11-17(6-8-22(16)28)18-7-9-25-23(14-18)29-26(34-25)24-5-4-10-30(24)27(31)19-12-20(32-2)15-21(13-19)33-3/h6-9,11-15,24H,4-5,10H2,1-3H3. The van der Waals surface area contributed by atoms with Crippen LogP contribution >= 0.6 is 0 Å². The SMILES string of the molecule is COc1cc(OC)cc(C(=O)N2CCCC2c2nc3cc(-c4ccc(F)c(C)c4)ccc3o2)c1. The summed E-state index contributed by atoms with van der Waals surface area (Å²) in [4.78, 5) is 19.9. The number of carbonyl (C=O) groups is 1. The predicted octanol–water partition coefficient (Wildman–Crippen LogP) is 5.94. The fraction of sp³-hybridized carbons (Fsp3) is 0.259. The minimum atomic E-state index is -0.256. The molecule has 0 aliphatic carbocycles. The topological polar surface area (TPSA) is 64.8 Å². The molecule has 6 nitrogen and oxygen atoms in total. The van der Waals surface area contributed by atoms with Crippen LogP contribution in [-0.4, -0.2) is 36.6 Å². The number of amides is 1. The molecule has 1 amide bonds. The summed E-state index contributed by atoms with van der Waals surface area (Å²) in [5.74, 6) is 1.29. The van der Waals surface area contributed by atoms with Crippen LogP contribution in [-0.2, 0) is 0 Å². The molecule has 1 aromatic heterocycles. The summed E-state index contributed by atoms with van der Waals surface area (Å²) in [6.07, 6.45) is 1.63. The molecule has 1 fully saturated rings. The number of hydrogen-bond acceptors (Lipinski definition) is 5. The van der Waals surface area contributed by atoms with Crippen molar-refractivity contribution in [1.82, 2.24) is 9.88 Å². The molecule has 2 heterocycles. The Kier molecular flexibility index (Phi) is 5.69. The number of hydrogen-bond donors (Lipinski definition) is 0. The summed E-state index contributed by atoms with van der Waals surface area (Å²) in [5.41, 5.74) is 4.28. The van der Waals surface area contributed by atoms with E-state index in [1.807, 2.05) is 24.3 Å². The van der Waals surface area contributed by atoms with E-state index in [-0.39, 0.29) is 17.8 Å². The second-order valence-electron chi connectivity index (χ2n) is 8.46. The monoisotopic (exact) mass is 460 g/mol. The Morgan fingerprint density at radius 1 is 1.03 bits per heavy atom. The number of rotatable bonds is 5. The van der Waals surface area contributed by atoms with Crippen molar-refractivity contribution in [1.29, 1.82) is 0 Å². The van der Waals surface area contributed by atoms with Gasteiger partial charge in [-0.05, 0) is 72.9 Å². The van der Waals surface area contributed by atoms with E-state index in [1.165, 1.54) is 6.07 Å². The highest BCUT2D eigenvalue weighted by molar-refractivity contribution is 5.95. The second kappa shape index (κ2) is 8.82. The molecule has 1 aliphatic rings. The molecule has 0 spiro atoms. The highest BCUT2D eigenvalue weighted by Gasteiger charge is 2.34. The summed E-state index contributed by atoms with van der Waals surface area (Å²) < 4.78 is 30.4. The number of benzene rings is 3. The summed E-state index contributed by atoms with van der Waals surface area (Å²) in [7, 11) is 3.11. The van der Waals surface area contributed by atoms with Gasteiger partial charge in [-0.2, -0.15) is 0 Å². The lowest BCUT2D eigenvalue weighted by Crippen LogP contribution is -2.30. The quantitative estimate of drug-likeness (QED) is 0.369. The molecule has 0 radical (unpaired) electrons. The fourth-order valence-corrected chi connectivity index (χ4v) is 4.45. The van der Waals surface area contributed by atoms with Gasteiger partial charge in [0.15, 0.2) is 5.58 Å². The second-order valence-corrected chi connectivity index (χ2v) is 8.46. The van der Waals surface area contributed by atoms with Crippen LogP contribution in [0.2, 0.25) is 0 Å². The number of aryl methyl sites for hydroxylation is 1. The van der Waals surface area contributed by atoms with Crippen LogP contribution in [0.15, 0.2) is 59.0 Å². The molecule has 1 saturated heterocycles. The molecule has 34 heavy (non-hydrogen) atoms. The van der Waals surface area contributed by atoms with Crippen LogP contribution < -0.4 is 9.47 Å². The summed E-state index contributed by atoms with van der Waals surface area (Å²) in [6.45, 7) is 2.36. The van der Waals surface area contributed by atoms with E-state index in [1.54, 1.807) is 50.3 Å². The zero-order valence-electron chi connectivity index (χ0n) is 19.3. The van der Waals surface area contributed by atoms with E-state index in [2.05, 4.69) is 0 Å². The average molecular weight is 461 g/mol. The van der Waals surface area contributed by atoms with Gasteiger partial charge in [-0.1, -0.05) is 12.1 Å². The van der Waals surface area contributed by atoms with Gasteiger partial charge in [0.1, 0.15) is 28.9 Å².